The van der Waals surface area contributed by atoms with E-state index in [4.69, 9.17) is 28.3 Å². The van der Waals surface area contributed by atoms with E-state index in [9.17, 15) is 18.8 Å². The van der Waals surface area contributed by atoms with Gasteiger partial charge in [0.1, 0.15) is 12.7 Å². The Kier molecular flexibility index (Phi) is 5.91. The molecule has 0 spiro atoms. The second kappa shape index (κ2) is 7.21. The van der Waals surface area contributed by atoms with Gasteiger partial charge in [0.05, 0.1) is 6.42 Å². The number of carbonyl (C=O) groups is 3. The van der Waals surface area contributed by atoms with Crippen molar-refractivity contribution in [2.24, 2.45) is 0 Å². The Labute approximate surface area is 123 Å². The van der Waals surface area contributed by atoms with Gasteiger partial charge in [0, 0.05) is 15.6 Å². The molecule has 0 fully saturated rings. The minimum absolute atomic E-state index is 0.0459. The third kappa shape index (κ3) is 4.79. The largest absolute Gasteiger partial charge is 0.481 e. The number of nitrogens with one attached hydrogen (secondary N) is 1. The Morgan fingerprint density at radius 2 is 1.75 bits per heavy atom. The summed E-state index contributed by atoms with van der Waals surface area (Å²) < 4.78 is 12.3. The molecule has 0 aliphatic rings. The molecule has 1 aromatic rings. The summed E-state index contributed by atoms with van der Waals surface area (Å²) in [5, 5.41) is 11.2. The Balaban J connectivity index is 2.89. The third-order valence-corrected chi connectivity index (χ3v) is 2.77. The van der Waals surface area contributed by atoms with Crippen LogP contribution in [0.15, 0.2) is 18.2 Å². The molecule has 2 N–H and O–H groups in total. The predicted octanol–water partition coefficient (Wildman–Crippen LogP) is 2.11. The highest BCUT2D eigenvalue weighted by Gasteiger charge is 2.24. The molecule has 108 valence electrons. The molecule has 0 aliphatic heterocycles. The van der Waals surface area contributed by atoms with Crippen molar-refractivity contribution in [1.82, 2.24) is 5.32 Å². The first-order chi connectivity index (χ1) is 9.33. The minimum atomic E-state index is -1.44. The van der Waals surface area contributed by atoms with Crippen LogP contribution in [0.2, 0.25) is 10.0 Å². The SMILES string of the molecule is O=C(O)CC(NC(=O)c1cc(Cl)cc(Cl)c1)C(=O)CF. The molecule has 1 unspecified atom stereocenters. The zero-order chi connectivity index (χ0) is 15.3. The van der Waals surface area contributed by atoms with E-state index in [0.717, 1.165) is 0 Å². The summed E-state index contributed by atoms with van der Waals surface area (Å²) in [4.78, 5) is 33.7. The van der Waals surface area contributed by atoms with Crippen molar-refractivity contribution >= 4 is 40.9 Å². The van der Waals surface area contributed by atoms with Gasteiger partial charge in [0.2, 0.25) is 0 Å². The highest BCUT2D eigenvalue weighted by atomic mass is 35.5. The van der Waals surface area contributed by atoms with E-state index >= 15 is 0 Å². The van der Waals surface area contributed by atoms with Crippen molar-refractivity contribution < 1.29 is 23.9 Å². The molecule has 5 nitrogen and oxygen atoms in total. The molecule has 0 aromatic heterocycles. The molecule has 1 atom stereocenters. The van der Waals surface area contributed by atoms with Gasteiger partial charge in [-0.3, -0.25) is 14.4 Å². The molecule has 1 amide bonds. The van der Waals surface area contributed by atoms with Gasteiger partial charge in [0.15, 0.2) is 5.78 Å². The highest BCUT2D eigenvalue weighted by molar-refractivity contribution is 6.35. The highest BCUT2D eigenvalue weighted by Crippen LogP contribution is 2.19. The summed E-state index contributed by atoms with van der Waals surface area (Å²) in [5.41, 5.74) is 0.0459. The zero-order valence-electron chi connectivity index (χ0n) is 10.0. The Morgan fingerprint density at radius 3 is 2.20 bits per heavy atom. The lowest BCUT2D eigenvalue weighted by molar-refractivity contribution is -0.139. The normalized spacial score (nSPS) is 11.8. The van der Waals surface area contributed by atoms with Crippen LogP contribution in [0, 0.1) is 0 Å². The summed E-state index contributed by atoms with van der Waals surface area (Å²) in [6.07, 6.45) is -0.706. The second-order valence-electron chi connectivity index (χ2n) is 3.88. The topological polar surface area (TPSA) is 83.5 Å². The summed E-state index contributed by atoms with van der Waals surface area (Å²) in [6, 6.07) is 2.55. The van der Waals surface area contributed by atoms with Crippen molar-refractivity contribution in [2.45, 2.75) is 12.5 Å². The van der Waals surface area contributed by atoms with Gasteiger partial charge >= 0.3 is 5.97 Å². The zero-order valence-corrected chi connectivity index (χ0v) is 11.5. The lowest BCUT2D eigenvalue weighted by Gasteiger charge is -2.14. The van der Waals surface area contributed by atoms with E-state index in [-0.39, 0.29) is 15.6 Å². The first-order valence-corrected chi connectivity index (χ1v) is 6.16. The van der Waals surface area contributed by atoms with Crippen LogP contribution in [0.1, 0.15) is 16.8 Å². The van der Waals surface area contributed by atoms with E-state index in [1.807, 2.05) is 0 Å². The maximum Gasteiger partial charge on any atom is 0.305 e. The molecule has 20 heavy (non-hydrogen) atoms. The molecular formula is C12H10Cl2FNO4. The third-order valence-electron chi connectivity index (χ3n) is 2.33. The molecule has 1 rings (SSSR count). The summed E-state index contributed by atoms with van der Waals surface area (Å²) in [6.45, 7) is -1.37. The number of alkyl halides is 1. The number of ketones is 1. The number of hydrogen-bond acceptors (Lipinski definition) is 3. The summed E-state index contributed by atoms with van der Waals surface area (Å²) in [5.74, 6) is -3.11. The van der Waals surface area contributed by atoms with E-state index in [1.165, 1.54) is 18.2 Å². The molecule has 1 aromatic carbocycles. The average Bonchev–Trinajstić information content (AvgIpc) is 2.35. The first kappa shape index (κ1) is 16.4. The Morgan fingerprint density at radius 1 is 1.20 bits per heavy atom. The number of halogens is 3. The van der Waals surface area contributed by atoms with Crippen LogP contribution in [-0.2, 0) is 9.59 Å². The molecule has 0 heterocycles. The number of carbonyl (C=O) groups excluding carboxylic acids is 2. The molecular weight excluding hydrogens is 312 g/mol. The van der Waals surface area contributed by atoms with Crippen LogP contribution in [0.5, 0.6) is 0 Å². The number of benzene rings is 1. The standard InChI is InChI=1S/C12H10Cl2FNO4/c13-7-1-6(2-8(14)3-7)12(20)16-9(4-11(18)19)10(17)5-15/h1-3,9H,4-5H2,(H,16,20)(H,18,19). The van der Waals surface area contributed by atoms with E-state index in [1.54, 1.807) is 0 Å². The summed E-state index contributed by atoms with van der Waals surface area (Å²) >= 11 is 11.4. The fourth-order valence-electron chi connectivity index (χ4n) is 1.44. The van der Waals surface area contributed by atoms with Crippen molar-refractivity contribution in [3.05, 3.63) is 33.8 Å². The number of aliphatic carboxylic acids is 1. The monoisotopic (exact) mass is 321 g/mol. The van der Waals surface area contributed by atoms with Crippen LogP contribution in [0.25, 0.3) is 0 Å². The number of amides is 1. The van der Waals surface area contributed by atoms with Gasteiger partial charge in [-0.15, -0.1) is 0 Å². The average molecular weight is 322 g/mol. The molecule has 0 bridgehead atoms. The number of carboxylic acids is 1. The van der Waals surface area contributed by atoms with Crippen LogP contribution < -0.4 is 5.32 Å². The minimum Gasteiger partial charge on any atom is -0.481 e. The van der Waals surface area contributed by atoms with Gasteiger partial charge in [-0.2, -0.15) is 0 Å². The molecule has 0 radical (unpaired) electrons. The van der Waals surface area contributed by atoms with Crippen molar-refractivity contribution in [1.29, 1.82) is 0 Å². The van der Waals surface area contributed by atoms with E-state index in [2.05, 4.69) is 5.32 Å². The molecule has 8 heteroatoms. The number of Topliss-reactive ketones (excluding diaryl/α,β-unsaturated/α-hetero) is 1. The van der Waals surface area contributed by atoms with Crippen molar-refractivity contribution in [3.63, 3.8) is 0 Å². The Hall–Kier alpha value is -1.66. The molecule has 0 saturated carbocycles. The maximum absolute atomic E-state index is 12.3. The molecule has 0 aliphatic carbocycles. The Bertz CT molecular complexity index is 530. The van der Waals surface area contributed by atoms with E-state index < -0.39 is 36.8 Å². The van der Waals surface area contributed by atoms with Crippen LogP contribution >= 0.6 is 23.2 Å². The van der Waals surface area contributed by atoms with E-state index in [0.29, 0.717) is 0 Å². The smallest absolute Gasteiger partial charge is 0.305 e. The number of rotatable bonds is 6. The fraction of sp³-hybridized carbons (Fsp3) is 0.250. The number of carboxylic acid groups (broad SMARTS) is 1. The molecule has 0 saturated heterocycles. The van der Waals surface area contributed by atoms with Gasteiger partial charge in [-0.25, -0.2) is 4.39 Å². The van der Waals surface area contributed by atoms with Crippen LogP contribution in [0.4, 0.5) is 4.39 Å². The van der Waals surface area contributed by atoms with Crippen molar-refractivity contribution in [2.75, 3.05) is 6.67 Å². The van der Waals surface area contributed by atoms with Gasteiger partial charge in [-0.1, -0.05) is 23.2 Å². The lowest BCUT2D eigenvalue weighted by Crippen LogP contribution is -2.43. The van der Waals surface area contributed by atoms with Crippen LogP contribution in [0.3, 0.4) is 0 Å². The summed E-state index contributed by atoms with van der Waals surface area (Å²) in [7, 11) is 0. The van der Waals surface area contributed by atoms with Gasteiger partial charge < -0.3 is 10.4 Å². The lowest BCUT2D eigenvalue weighted by atomic mass is 10.1. The maximum atomic E-state index is 12.3. The van der Waals surface area contributed by atoms with Crippen LogP contribution in [-0.4, -0.2) is 35.5 Å². The first-order valence-electron chi connectivity index (χ1n) is 5.41. The fourth-order valence-corrected chi connectivity index (χ4v) is 1.97. The van der Waals surface area contributed by atoms with Crippen molar-refractivity contribution in [3.8, 4) is 0 Å². The van der Waals surface area contributed by atoms with Gasteiger partial charge in [-0.05, 0) is 18.2 Å². The van der Waals surface area contributed by atoms with Gasteiger partial charge in [0.25, 0.3) is 5.91 Å². The predicted molar refractivity (Wildman–Crippen MR) is 71.0 cm³/mol. The quantitative estimate of drug-likeness (QED) is 0.840. The number of hydrogen-bond donors (Lipinski definition) is 2. The second-order valence-corrected chi connectivity index (χ2v) is 4.75.